The summed E-state index contributed by atoms with van der Waals surface area (Å²) in [5, 5.41) is 6.59. The molecule has 120 valence electrons. The van der Waals surface area contributed by atoms with Gasteiger partial charge in [0.2, 0.25) is 0 Å². The average molecular weight is 338 g/mol. The van der Waals surface area contributed by atoms with Crippen LogP contribution in [0.2, 0.25) is 0 Å². The summed E-state index contributed by atoms with van der Waals surface area (Å²) >= 11 is 5.48. The van der Waals surface area contributed by atoms with Gasteiger partial charge in [0.1, 0.15) is 11.8 Å². The van der Waals surface area contributed by atoms with Gasteiger partial charge in [-0.3, -0.25) is 9.67 Å². The molecule has 0 aliphatic heterocycles. The summed E-state index contributed by atoms with van der Waals surface area (Å²) in [6, 6.07) is 4.31. The zero-order valence-electron chi connectivity index (χ0n) is 12.3. The summed E-state index contributed by atoms with van der Waals surface area (Å²) in [5.41, 5.74) is 1.49. The third kappa shape index (κ3) is 4.23. The number of amidine groups is 1. The van der Waals surface area contributed by atoms with Crippen molar-refractivity contribution in [3.05, 3.63) is 48.4 Å². The second kappa shape index (κ2) is 7.64. The van der Waals surface area contributed by atoms with E-state index in [4.69, 9.17) is 11.6 Å². The maximum Gasteiger partial charge on any atom is 0.183 e. The van der Waals surface area contributed by atoms with E-state index in [-0.39, 0.29) is 17.5 Å². The molecule has 0 fully saturated rings. The largest absolute Gasteiger partial charge is 0.336 e. The Hall–Kier alpha value is -2.54. The van der Waals surface area contributed by atoms with Crippen LogP contribution < -0.4 is 5.32 Å². The van der Waals surface area contributed by atoms with E-state index >= 15 is 0 Å². The van der Waals surface area contributed by atoms with E-state index in [2.05, 4.69) is 27.1 Å². The molecular formula is C15H14ClF2N5. The molecule has 0 aliphatic rings. The van der Waals surface area contributed by atoms with Gasteiger partial charge in [0, 0.05) is 18.8 Å². The van der Waals surface area contributed by atoms with Gasteiger partial charge in [-0.1, -0.05) is 6.07 Å². The minimum absolute atomic E-state index is 0.0640. The van der Waals surface area contributed by atoms with Crippen LogP contribution in [0.15, 0.2) is 52.6 Å². The molecule has 1 N–H and O–H groups in total. The smallest absolute Gasteiger partial charge is 0.183 e. The predicted molar refractivity (Wildman–Crippen MR) is 89.1 cm³/mol. The highest BCUT2D eigenvalue weighted by atomic mass is 35.5. The monoisotopic (exact) mass is 337 g/mol. The fraction of sp³-hybridized carbons (Fsp3) is 0.133. The van der Waals surface area contributed by atoms with Gasteiger partial charge in [0.05, 0.1) is 18.1 Å². The third-order valence-electron chi connectivity index (χ3n) is 2.91. The normalized spacial score (nSPS) is 12.3. The second-order valence-electron chi connectivity index (χ2n) is 4.51. The Balaban J connectivity index is 2.28. The Morgan fingerprint density at radius 2 is 2.26 bits per heavy atom. The van der Waals surface area contributed by atoms with Gasteiger partial charge in [-0.15, -0.1) is 11.6 Å². The minimum atomic E-state index is -0.795. The maximum atomic E-state index is 14.2. The molecule has 0 unspecified atom stereocenters. The molecular weight excluding hydrogens is 324 g/mol. The van der Waals surface area contributed by atoms with Crippen molar-refractivity contribution < 1.29 is 8.78 Å². The van der Waals surface area contributed by atoms with Crippen LogP contribution in [0.1, 0.15) is 0 Å². The van der Waals surface area contributed by atoms with Crippen LogP contribution >= 0.6 is 11.6 Å². The molecule has 0 saturated carbocycles. The van der Waals surface area contributed by atoms with Crippen LogP contribution in [-0.2, 0) is 7.05 Å². The molecule has 1 heterocycles. The average Bonchev–Trinajstić information content (AvgIpc) is 2.95. The van der Waals surface area contributed by atoms with Crippen molar-refractivity contribution in [1.82, 2.24) is 9.78 Å². The van der Waals surface area contributed by atoms with E-state index in [1.54, 1.807) is 30.2 Å². The van der Waals surface area contributed by atoms with Crippen molar-refractivity contribution in [2.75, 3.05) is 11.3 Å². The highest BCUT2D eigenvalue weighted by Crippen LogP contribution is 2.24. The van der Waals surface area contributed by atoms with Gasteiger partial charge in [-0.05, 0) is 24.4 Å². The van der Waals surface area contributed by atoms with Crippen LogP contribution in [0.3, 0.4) is 0 Å². The standard InChI is InChI=1S/C15H14ClF2N5/c1-19-7-13(18)15(20-9-16)22-14-4-3-10(5-12(14)17)11-6-21-23(2)8-11/h3-8H,1,9H2,2H3,(H,20,22)/b13-7+. The molecule has 8 heteroatoms. The van der Waals surface area contributed by atoms with E-state index < -0.39 is 11.6 Å². The number of aliphatic imine (C=N–C) groups is 2. The van der Waals surface area contributed by atoms with E-state index in [1.807, 2.05) is 0 Å². The number of halogens is 3. The van der Waals surface area contributed by atoms with Crippen molar-refractivity contribution >= 4 is 29.8 Å². The first-order chi connectivity index (χ1) is 11.0. The third-order valence-corrected chi connectivity index (χ3v) is 3.03. The Kier molecular flexibility index (Phi) is 5.59. The predicted octanol–water partition coefficient (Wildman–Crippen LogP) is 3.74. The number of aryl methyl sites for hydroxylation is 1. The lowest BCUT2D eigenvalue weighted by molar-refractivity contribution is 0.632. The summed E-state index contributed by atoms with van der Waals surface area (Å²) in [6.07, 6.45) is 4.25. The molecule has 0 saturated heterocycles. The first-order valence-electron chi connectivity index (χ1n) is 6.53. The van der Waals surface area contributed by atoms with E-state index in [0.29, 0.717) is 5.56 Å². The van der Waals surface area contributed by atoms with Crippen LogP contribution in [0.5, 0.6) is 0 Å². The molecule has 0 spiro atoms. The highest BCUT2D eigenvalue weighted by molar-refractivity contribution is 6.19. The van der Waals surface area contributed by atoms with Gasteiger partial charge in [0.25, 0.3) is 0 Å². The topological polar surface area (TPSA) is 54.6 Å². The van der Waals surface area contributed by atoms with Gasteiger partial charge < -0.3 is 5.32 Å². The van der Waals surface area contributed by atoms with Crippen molar-refractivity contribution in [3.8, 4) is 11.1 Å². The molecule has 0 radical (unpaired) electrons. The molecule has 0 atom stereocenters. The number of anilines is 1. The summed E-state index contributed by atoms with van der Waals surface area (Å²) in [6.45, 7) is 3.15. The van der Waals surface area contributed by atoms with E-state index in [9.17, 15) is 8.78 Å². The van der Waals surface area contributed by atoms with Gasteiger partial charge in [-0.2, -0.15) is 5.10 Å². The second-order valence-corrected chi connectivity index (χ2v) is 4.75. The number of benzene rings is 1. The number of hydrogen-bond acceptors (Lipinski definition) is 3. The lowest BCUT2D eigenvalue weighted by atomic mass is 10.1. The first-order valence-corrected chi connectivity index (χ1v) is 7.06. The molecule has 0 aliphatic carbocycles. The van der Waals surface area contributed by atoms with Gasteiger partial charge in [-0.25, -0.2) is 13.8 Å². The van der Waals surface area contributed by atoms with Crippen LogP contribution in [0.4, 0.5) is 14.5 Å². The zero-order valence-corrected chi connectivity index (χ0v) is 13.1. The molecule has 2 aromatic rings. The Labute approximate surface area is 137 Å². The van der Waals surface area contributed by atoms with E-state index in [0.717, 1.165) is 11.8 Å². The molecule has 1 aromatic heterocycles. The lowest BCUT2D eigenvalue weighted by Crippen LogP contribution is -2.14. The van der Waals surface area contributed by atoms with Crippen LogP contribution in [0, 0.1) is 5.82 Å². The molecule has 1 aromatic carbocycles. The fourth-order valence-electron chi connectivity index (χ4n) is 1.87. The fourth-order valence-corrected chi connectivity index (χ4v) is 1.99. The maximum absolute atomic E-state index is 14.2. The zero-order chi connectivity index (χ0) is 16.8. The highest BCUT2D eigenvalue weighted by Gasteiger charge is 2.11. The molecule has 5 nitrogen and oxygen atoms in total. The number of aromatic nitrogens is 2. The quantitative estimate of drug-likeness (QED) is 0.391. The number of rotatable bonds is 5. The SMILES string of the molecule is C=N/C=C(F)\C(=N/CCl)Nc1ccc(-c2cnn(C)c2)cc1F. The van der Waals surface area contributed by atoms with E-state index in [1.165, 1.54) is 12.1 Å². The Bertz CT molecular complexity index is 767. The Morgan fingerprint density at radius 3 is 2.83 bits per heavy atom. The van der Waals surface area contributed by atoms with Crippen LogP contribution in [0.25, 0.3) is 11.1 Å². The molecule has 0 amide bonds. The number of hydrogen-bond donors (Lipinski definition) is 1. The first kappa shape index (κ1) is 16.8. The molecule has 23 heavy (non-hydrogen) atoms. The van der Waals surface area contributed by atoms with Crippen molar-refractivity contribution in [2.24, 2.45) is 17.0 Å². The summed E-state index contributed by atoms with van der Waals surface area (Å²) in [7, 11) is 1.77. The summed E-state index contributed by atoms with van der Waals surface area (Å²) in [5.74, 6) is -1.58. The molecule has 0 bridgehead atoms. The van der Waals surface area contributed by atoms with Crippen molar-refractivity contribution in [2.45, 2.75) is 0 Å². The van der Waals surface area contributed by atoms with Gasteiger partial charge >= 0.3 is 0 Å². The summed E-state index contributed by atoms with van der Waals surface area (Å²) in [4.78, 5) is 7.03. The van der Waals surface area contributed by atoms with Crippen molar-refractivity contribution in [1.29, 1.82) is 0 Å². The number of nitrogens with one attached hydrogen (secondary N) is 1. The van der Waals surface area contributed by atoms with Crippen LogP contribution in [-0.4, -0.2) is 28.3 Å². The summed E-state index contributed by atoms with van der Waals surface area (Å²) < 4.78 is 29.6. The Morgan fingerprint density at radius 1 is 1.48 bits per heavy atom. The van der Waals surface area contributed by atoms with Gasteiger partial charge in [0.15, 0.2) is 11.7 Å². The van der Waals surface area contributed by atoms with Crippen molar-refractivity contribution in [3.63, 3.8) is 0 Å². The molecule has 2 rings (SSSR count). The minimum Gasteiger partial charge on any atom is -0.336 e. The number of nitrogens with zero attached hydrogens (tertiary/aromatic N) is 4. The number of alkyl halides is 1. The lowest BCUT2D eigenvalue weighted by Gasteiger charge is -2.09.